The monoisotopic (exact) mass is 353 g/mol. The Hall–Kier alpha value is -2.10. The molecule has 1 aliphatic heterocycles. The van der Waals surface area contributed by atoms with Crippen LogP contribution in [-0.4, -0.2) is 6.61 Å². The Kier molecular flexibility index (Phi) is 7.29. The minimum atomic E-state index is 0.760. The molecule has 0 amide bonds. The predicted molar refractivity (Wildman–Crippen MR) is 109 cm³/mol. The summed E-state index contributed by atoms with van der Waals surface area (Å²) in [5.74, 6) is 0.879. The molecule has 2 aromatic carbocycles. The van der Waals surface area contributed by atoms with Crippen molar-refractivity contribution in [3.8, 4) is 5.75 Å². The number of fused-ring (bicyclic) bond motifs is 1. The second kappa shape index (κ2) is 10.1. The SMILES string of the molecule is CCCCCCCCCCCCOc1ccc2ccccc2c1N1N=N1. The molecule has 0 spiro atoms. The average molecular weight is 354 g/mol. The fourth-order valence-corrected chi connectivity index (χ4v) is 3.44. The summed E-state index contributed by atoms with van der Waals surface area (Å²) in [4.78, 5) is 0. The van der Waals surface area contributed by atoms with Gasteiger partial charge in [-0.25, -0.2) is 0 Å². The minimum Gasteiger partial charge on any atom is -0.491 e. The van der Waals surface area contributed by atoms with E-state index in [1.807, 2.05) is 18.2 Å². The normalized spacial score (nSPS) is 12.7. The highest BCUT2D eigenvalue weighted by Crippen LogP contribution is 2.40. The molecule has 26 heavy (non-hydrogen) atoms. The first-order valence-electron chi connectivity index (χ1n) is 10.3. The van der Waals surface area contributed by atoms with E-state index in [0.29, 0.717) is 0 Å². The van der Waals surface area contributed by atoms with E-state index in [-0.39, 0.29) is 0 Å². The molecule has 0 aromatic heterocycles. The van der Waals surface area contributed by atoms with Gasteiger partial charge in [0, 0.05) is 5.39 Å². The van der Waals surface area contributed by atoms with E-state index in [1.54, 1.807) is 5.12 Å². The molecular formula is C22H31N3O. The van der Waals surface area contributed by atoms with E-state index in [0.717, 1.165) is 29.9 Å². The van der Waals surface area contributed by atoms with Crippen LogP contribution in [-0.2, 0) is 0 Å². The van der Waals surface area contributed by atoms with Crippen LogP contribution in [0, 0.1) is 0 Å². The van der Waals surface area contributed by atoms with Gasteiger partial charge in [-0.1, -0.05) is 95.0 Å². The van der Waals surface area contributed by atoms with Crippen LogP contribution in [0.1, 0.15) is 71.1 Å². The number of hydrogen-bond donors (Lipinski definition) is 0. The van der Waals surface area contributed by atoms with Crippen molar-refractivity contribution in [2.75, 3.05) is 11.7 Å². The molecule has 4 heteroatoms. The van der Waals surface area contributed by atoms with Crippen molar-refractivity contribution < 1.29 is 4.74 Å². The number of unbranched alkanes of at least 4 members (excludes halogenated alkanes) is 9. The van der Waals surface area contributed by atoms with Gasteiger partial charge >= 0.3 is 0 Å². The maximum atomic E-state index is 6.06. The topological polar surface area (TPSA) is 37.0 Å². The van der Waals surface area contributed by atoms with Gasteiger partial charge in [0.05, 0.1) is 6.61 Å². The summed E-state index contributed by atoms with van der Waals surface area (Å²) in [6, 6.07) is 12.4. The van der Waals surface area contributed by atoms with Gasteiger partial charge < -0.3 is 4.74 Å². The van der Waals surface area contributed by atoms with Crippen LogP contribution in [0.4, 0.5) is 5.69 Å². The Bertz CT molecular complexity index is 708. The summed E-state index contributed by atoms with van der Waals surface area (Å²) in [5, 5.41) is 11.9. The van der Waals surface area contributed by atoms with Gasteiger partial charge in [-0.3, -0.25) is 0 Å². The van der Waals surface area contributed by atoms with Crippen LogP contribution in [0.5, 0.6) is 5.75 Å². The van der Waals surface area contributed by atoms with E-state index in [4.69, 9.17) is 4.74 Å². The zero-order chi connectivity index (χ0) is 18.0. The van der Waals surface area contributed by atoms with Gasteiger partial charge in [0.2, 0.25) is 0 Å². The summed E-state index contributed by atoms with van der Waals surface area (Å²) in [6.07, 6.45) is 13.4. The zero-order valence-electron chi connectivity index (χ0n) is 16.0. The maximum Gasteiger partial charge on any atom is 0.147 e. The maximum absolute atomic E-state index is 6.06. The molecule has 2 aromatic rings. The Balaban J connectivity index is 1.36. The van der Waals surface area contributed by atoms with Crippen LogP contribution in [0.15, 0.2) is 46.8 Å². The van der Waals surface area contributed by atoms with Crippen molar-refractivity contribution in [3.63, 3.8) is 0 Å². The first-order valence-corrected chi connectivity index (χ1v) is 10.3. The molecule has 0 radical (unpaired) electrons. The van der Waals surface area contributed by atoms with Crippen molar-refractivity contribution in [2.24, 2.45) is 10.4 Å². The lowest BCUT2D eigenvalue weighted by Gasteiger charge is -2.12. The average Bonchev–Trinajstić information content (AvgIpc) is 3.50. The molecule has 0 aliphatic carbocycles. The lowest BCUT2D eigenvalue weighted by atomic mass is 10.1. The number of anilines is 1. The summed E-state index contributed by atoms with van der Waals surface area (Å²) in [6.45, 7) is 3.03. The number of benzene rings is 2. The highest BCUT2D eigenvalue weighted by atomic mass is 16.5. The molecular weight excluding hydrogens is 322 g/mol. The van der Waals surface area contributed by atoms with Crippen LogP contribution >= 0.6 is 0 Å². The van der Waals surface area contributed by atoms with Crippen molar-refractivity contribution in [2.45, 2.75) is 71.1 Å². The van der Waals surface area contributed by atoms with Gasteiger partial charge in [-0.05, 0) is 28.3 Å². The number of hydrogen-bond acceptors (Lipinski definition) is 4. The van der Waals surface area contributed by atoms with Crippen molar-refractivity contribution in [3.05, 3.63) is 36.4 Å². The molecule has 0 fully saturated rings. The molecule has 0 saturated carbocycles. The fourth-order valence-electron chi connectivity index (χ4n) is 3.44. The summed E-state index contributed by atoms with van der Waals surface area (Å²) in [7, 11) is 0. The Morgan fingerprint density at radius 2 is 1.42 bits per heavy atom. The van der Waals surface area contributed by atoms with E-state index in [2.05, 4.69) is 35.6 Å². The van der Waals surface area contributed by atoms with Crippen molar-refractivity contribution in [1.82, 2.24) is 0 Å². The molecule has 1 heterocycles. The predicted octanol–water partition coefficient (Wildman–Crippen LogP) is 7.24. The zero-order valence-corrected chi connectivity index (χ0v) is 16.0. The van der Waals surface area contributed by atoms with E-state index in [1.165, 1.54) is 63.2 Å². The fraction of sp³-hybridized carbons (Fsp3) is 0.545. The Labute approximate surface area is 157 Å². The van der Waals surface area contributed by atoms with Crippen LogP contribution in [0.2, 0.25) is 0 Å². The summed E-state index contributed by atoms with van der Waals surface area (Å²) < 4.78 is 6.06. The number of ether oxygens (including phenoxy) is 1. The van der Waals surface area contributed by atoms with E-state index >= 15 is 0 Å². The van der Waals surface area contributed by atoms with Crippen molar-refractivity contribution >= 4 is 16.5 Å². The molecule has 3 rings (SSSR count). The third-order valence-corrected chi connectivity index (χ3v) is 5.00. The third-order valence-electron chi connectivity index (χ3n) is 5.00. The number of rotatable bonds is 13. The van der Waals surface area contributed by atoms with Crippen LogP contribution in [0.25, 0.3) is 10.8 Å². The smallest absolute Gasteiger partial charge is 0.147 e. The molecule has 0 saturated heterocycles. The molecule has 4 nitrogen and oxygen atoms in total. The molecule has 0 unspecified atom stereocenters. The molecule has 1 aliphatic rings. The standard InChI is InChI=1S/C22H31N3O/c1-2-3-4-5-6-7-8-9-10-13-18-26-21-17-16-19-14-11-12-15-20(19)22(21)25-23-24-25/h11-12,14-17H,2-10,13,18H2,1H3. The Morgan fingerprint density at radius 3 is 2.12 bits per heavy atom. The van der Waals surface area contributed by atoms with Gasteiger partial charge in [0.1, 0.15) is 11.4 Å². The largest absolute Gasteiger partial charge is 0.491 e. The summed E-state index contributed by atoms with van der Waals surface area (Å²) in [5.41, 5.74) is 0.968. The first kappa shape index (κ1) is 18.7. The van der Waals surface area contributed by atoms with Gasteiger partial charge in [-0.15, -0.1) is 5.12 Å². The third kappa shape index (κ3) is 5.45. The lowest BCUT2D eigenvalue weighted by Crippen LogP contribution is -2.02. The highest BCUT2D eigenvalue weighted by molar-refractivity contribution is 5.97. The molecule has 0 bridgehead atoms. The van der Waals surface area contributed by atoms with Gasteiger partial charge in [-0.2, -0.15) is 0 Å². The van der Waals surface area contributed by atoms with Crippen LogP contribution < -0.4 is 9.85 Å². The van der Waals surface area contributed by atoms with E-state index in [9.17, 15) is 0 Å². The Morgan fingerprint density at radius 1 is 0.769 bits per heavy atom. The van der Waals surface area contributed by atoms with Crippen LogP contribution in [0.3, 0.4) is 0 Å². The van der Waals surface area contributed by atoms with Gasteiger partial charge in [0.15, 0.2) is 0 Å². The molecule has 0 N–H and O–H groups in total. The lowest BCUT2D eigenvalue weighted by molar-refractivity contribution is 0.305. The molecule has 140 valence electrons. The molecule has 0 atom stereocenters. The second-order valence-corrected chi connectivity index (χ2v) is 7.13. The second-order valence-electron chi connectivity index (χ2n) is 7.13. The van der Waals surface area contributed by atoms with Crippen molar-refractivity contribution in [1.29, 1.82) is 0 Å². The van der Waals surface area contributed by atoms with E-state index < -0.39 is 0 Å². The summed E-state index contributed by atoms with van der Waals surface area (Å²) >= 11 is 0. The quantitative estimate of drug-likeness (QED) is 0.356. The van der Waals surface area contributed by atoms with Gasteiger partial charge in [0.25, 0.3) is 0 Å². The first-order chi connectivity index (χ1) is 12.9. The highest BCUT2D eigenvalue weighted by Gasteiger charge is 2.22. The number of nitrogens with zero attached hydrogens (tertiary/aromatic N) is 3. The minimum absolute atomic E-state index is 0.760.